The molecular formula is C22H27BrClN3O4S. The number of benzene rings is 2. The number of amides is 2. The Kier molecular flexibility index (Phi) is 9.12. The number of carbonyl (C=O) groups is 2. The Labute approximate surface area is 202 Å². The lowest BCUT2D eigenvalue weighted by Crippen LogP contribution is -2.52. The van der Waals surface area contributed by atoms with Gasteiger partial charge in [-0.3, -0.25) is 13.9 Å². The number of anilines is 1. The Morgan fingerprint density at radius 1 is 1.09 bits per heavy atom. The fraction of sp³-hybridized carbons (Fsp3) is 0.364. The normalized spacial score (nSPS) is 12.3. The molecule has 0 fully saturated rings. The molecule has 0 heterocycles. The van der Waals surface area contributed by atoms with E-state index in [1.165, 1.54) is 4.90 Å². The van der Waals surface area contributed by atoms with E-state index < -0.39 is 28.5 Å². The standard InChI is InChI=1S/C22H27BrClN3O4S/c1-15(2)25-22(29)16(3)26(13-17-6-5-7-19(24)12-17)21(28)14-27(32(4,30)31)20-10-8-18(23)9-11-20/h5-12,15-16H,13-14H2,1-4H3,(H,25,29)/t16-/m0/s1. The maximum Gasteiger partial charge on any atom is 0.244 e. The average Bonchev–Trinajstić information content (AvgIpc) is 2.69. The third-order valence-corrected chi connectivity index (χ3v) is 6.54. The third kappa shape index (κ3) is 7.50. The molecule has 0 aromatic heterocycles. The molecule has 2 rings (SSSR count). The monoisotopic (exact) mass is 543 g/mol. The van der Waals surface area contributed by atoms with Crippen molar-refractivity contribution in [3.8, 4) is 0 Å². The van der Waals surface area contributed by atoms with E-state index in [0.717, 1.165) is 20.6 Å². The summed E-state index contributed by atoms with van der Waals surface area (Å²) in [5.74, 6) is -0.838. The first-order valence-electron chi connectivity index (χ1n) is 9.96. The lowest BCUT2D eigenvalue weighted by atomic mass is 10.1. The maximum absolute atomic E-state index is 13.4. The molecule has 7 nitrogen and oxygen atoms in total. The second-order valence-electron chi connectivity index (χ2n) is 7.74. The summed E-state index contributed by atoms with van der Waals surface area (Å²) in [6.45, 7) is 4.92. The molecular weight excluding hydrogens is 518 g/mol. The fourth-order valence-electron chi connectivity index (χ4n) is 3.04. The molecule has 0 radical (unpaired) electrons. The third-order valence-electron chi connectivity index (χ3n) is 4.63. The number of rotatable bonds is 9. The number of hydrogen-bond donors (Lipinski definition) is 1. The van der Waals surface area contributed by atoms with Gasteiger partial charge in [0.05, 0.1) is 11.9 Å². The first-order valence-corrected chi connectivity index (χ1v) is 13.0. The van der Waals surface area contributed by atoms with Crippen LogP contribution < -0.4 is 9.62 Å². The van der Waals surface area contributed by atoms with E-state index in [9.17, 15) is 18.0 Å². The lowest BCUT2D eigenvalue weighted by molar-refractivity contribution is -0.139. The van der Waals surface area contributed by atoms with Crippen LogP contribution in [0.3, 0.4) is 0 Å². The molecule has 174 valence electrons. The molecule has 1 atom stereocenters. The molecule has 0 aliphatic carbocycles. The minimum absolute atomic E-state index is 0.101. The van der Waals surface area contributed by atoms with Crippen LogP contribution in [-0.4, -0.2) is 50.0 Å². The van der Waals surface area contributed by atoms with Crippen LogP contribution in [0.15, 0.2) is 53.0 Å². The summed E-state index contributed by atoms with van der Waals surface area (Å²) < 4.78 is 26.8. The van der Waals surface area contributed by atoms with Gasteiger partial charge in [0, 0.05) is 22.1 Å². The molecule has 0 aliphatic heterocycles. The van der Waals surface area contributed by atoms with E-state index >= 15 is 0 Å². The summed E-state index contributed by atoms with van der Waals surface area (Å²) in [6.07, 6.45) is 1.04. The first-order chi connectivity index (χ1) is 14.9. The van der Waals surface area contributed by atoms with Gasteiger partial charge >= 0.3 is 0 Å². The summed E-state index contributed by atoms with van der Waals surface area (Å²) in [5.41, 5.74) is 1.08. The van der Waals surface area contributed by atoms with E-state index in [1.807, 2.05) is 13.8 Å². The molecule has 2 aromatic rings. The van der Waals surface area contributed by atoms with Gasteiger partial charge in [-0.2, -0.15) is 0 Å². The Morgan fingerprint density at radius 3 is 2.25 bits per heavy atom. The highest BCUT2D eigenvalue weighted by Gasteiger charge is 2.30. The zero-order valence-electron chi connectivity index (χ0n) is 18.4. The summed E-state index contributed by atoms with van der Waals surface area (Å²) in [6, 6.07) is 12.6. The van der Waals surface area contributed by atoms with E-state index in [4.69, 9.17) is 11.6 Å². The van der Waals surface area contributed by atoms with Crippen molar-refractivity contribution in [2.24, 2.45) is 0 Å². The number of nitrogens with zero attached hydrogens (tertiary/aromatic N) is 2. The van der Waals surface area contributed by atoms with E-state index in [0.29, 0.717) is 10.7 Å². The van der Waals surface area contributed by atoms with Crippen LogP contribution >= 0.6 is 27.5 Å². The molecule has 0 aliphatic rings. The van der Waals surface area contributed by atoms with Crippen molar-refractivity contribution in [3.05, 3.63) is 63.6 Å². The molecule has 0 spiro atoms. The quantitative estimate of drug-likeness (QED) is 0.520. The van der Waals surface area contributed by atoms with Crippen molar-refractivity contribution in [3.63, 3.8) is 0 Å². The summed E-state index contributed by atoms with van der Waals surface area (Å²) >= 11 is 9.40. The Hall–Kier alpha value is -2.10. The SMILES string of the molecule is CC(C)NC(=O)[C@H](C)N(Cc1cccc(Cl)c1)C(=O)CN(c1ccc(Br)cc1)S(C)(=O)=O. The number of hydrogen-bond acceptors (Lipinski definition) is 4. The fourth-order valence-corrected chi connectivity index (χ4v) is 4.37. The van der Waals surface area contributed by atoms with Gasteiger partial charge in [-0.05, 0) is 62.7 Å². The van der Waals surface area contributed by atoms with Gasteiger partial charge in [0.25, 0.3) is 0 Å². The molecule has 32 heavy (non-hydrogen) atoms. The lowest BCUT2D eigenvalue weighted by Gasteiger charge is -2.32. The van der Waals surface area contributed by atoms with Gasteiger partial charge in [0.1, 0.15) is 12.6 Å². The van der Waals surface area contributed by atoms with Crippen LogP contribution in [0.4, 0.5) is 5.69 Å². The van der Waals surface area contributed by atoms with Gasteiger partial charge in [0.2, 0.25) is 21.8 Å². The van der Waals surface area contributed by atoms with Crippen LogP contribution in [-0.2, 0) is 26.2 Å². The topological polar surface area (TPSA) is 86.8 Å². The molecule has 0 saturated heterocycles. The van der Waals surface area contributed by atoms with E-state index in [1.54, 1.807) is 55.5 Å². The van der Waals surface area contributed by atoms with Gasteiger partial charge in [-0.1, -0.05) is 39.7 Å². The van der Waals surface area contributed by atoms with Crippen LogP contribution in [0.2, 0.25) is 5.02 Å². The highest BCUT2D eigenvalue weighted by Crippen LogP contribution is 2.22. The zero-order chi connectivity index (χ0) is 24.1. The molecule has 2 amide bonds. The predicted molar refractivity (Wildman–Crippen MR) is 131 cm³/mol. The first kappa shape index (κ1) is 26.2. The summed E-state index contributed by atoms with van der Waals surface area (Å²) in [7, 11) is -3.76. The largest absolute Gasteiger partial charge is 0.352 e. The Balaban J connectivity index is 2.38. The van der Waals surface area contributed by atoms with Crippen molar-refractivity contribution in [2.45, 2.75) is 39.4 Å². The molecule has 0 bridgehead atoms. The minimum Gasteiger partial charge on any atom is -0.352 e. The smallest absolute Gasteiger partial charge is 0.244 e. The second kappa shape index (κ2) is 11.2. The van der Waals surface area contributed by atoms with Crippen LogP contribution in [0, 0.1) is 0 Å². The zero-order valence-corrected chi connectivity index (χ0v) is 21.5. The Morgan fingerprint density at radius 2 is 1.72 bits per heavy atom. The number of carbonyl (C=O) groups excluding carboxylic acids is 2. The average molecular weight is 545 g/mol. The maximum atomic E-state index is 13.4. The molecule has 0 unspecified atom stereocenters. The Bertz CT molecular complexity index is 1060. The van der Waals surface area contributed by atoms with E-state index in [-0.39, 0.29) is 18.5 Å². The highest BCUT2D eigenvalue weighted by molar-refractivity contribution is 9.10. The predicted octanol–water partition coefficient (Wildman–Crippen LogP) is 3.81. The molecule has 10 heteroatoms. The van der Waals surface area contributed by atoms with Crippen LogP contribution in [0.1, 0.15) is 26.3 Å². The number of nitrogens with one attached hydrogen (secondary N) is 1. The minimum atomic E-state index is -3.76. The van der Waals surface area contributed by atoms with Crippen molar-refractivity contribution in [1.82, 2.24) is 10.2 Å². The number of halogens is 2. The number of sulfonamides is 1. The van der Waals surface area contributed by atoms with Crippen molar-refractivity contribution in [1.29, 1.82) is 0 Å². The van der Waals surface area contributed by atoms with Gasteiger partial charge in [-0.15, -0.1) is 0 Å². The van der Waals surface area contributed by atoms with Gasteiger partial charge in [-0.25, -0.2) is 8.42 Å². The van der Waals surface area contributed by atoms with Crippen LogP contribution in [0.5, 0.6) is 0 Å². The second-order valence-corrected chi connectivity index (χ2v) is 11.0. The van der Waals surface area contributed by atoms with Gasteiger partial charge < -0.3 is 10.2 Å². The van der Waals surface area contributed by atoms with E-state index in [2.05, 4.69) is 21.2 Å². The van der Waals surface area contributed by atoms with Crippen LogP contribution in [0.25, 0.3) is 0 Å². The van der Waals surface area contributed by atoms with Crippen molar-refractivity contribution >= 4 is 55.1 Å². The van der Waals surface area contributed by atoms with Crippen molar-refractivity contribution in [2.75, 3.05) is 17.1 Å². The summed E-state index contributed by atoms with van der Waals surface area (Å²) in [5, 5.41) is 3.30. The van der Waals surface area contributed by atoms with Gasteiger partial charge in [0.15, 0.2) is 0 Å². The van der Waals surface area contributed by atoms with Crippen molar-refractivity contribution < 1.29 is 18.0 Å². The molecule has 0 saturated carbocycles. The molecule has 2 aromatic carbocycles. The summed E-state index contributed by atoms with van der Waals surface area (Å²) in [4.78, 5) is 27.4. The molecule has 1 N–H and O–H groups in total. The highest BCUT2D eigenvalue weighted by atomic mass is 79.9.